The molecule has 6 nitrogen and oxygen atoms in total. The average molecular weight is 437 g/mol. The van der Waals surface area contributed by atoms with Crippen LogP contribution in [0, 0.1) is 5.41 Å². The minimum Gasteiger partial charge on any atom is -0.469 e. The highest BCUT2D eigenvalue weighted by molar-refractivity contribution is 14.0. The number of nitrogens with one attached hydrogen (secondary N) is 2. The fraction of sp³-hybridized carbons (Fsp3) is 0.688. The van der Waals surface area contributed by atoms with Crippen molar-refractivity contribution >= 4 is 29.9 Å². The SMILES string of the molecule is CCNC(=NCC1(CCO)CCOC1)NCCc1ccco1.I. The van der Waals surface area contributed by atoms with Gasteiger partial charge >= 0.3 is 0 Å². The number of guanidine groups is 1. The van der Waals surface area contributed by atoms with Crippen LogP contribution in [0.4, 0.5) is 0 Å². The predicted molar refractivity (Wildman–Crippen MR) is 101 cm³/mol. The Kier molecular flexibility index (Phi) is 9.57. The summed E-state index contributed by atoms with van der Waals surface area (Å²) in [5, 5.41) is 15.8. The molecule has 1 aromatic heterocycles. The van der Waals surface area contributed by atoms with E-state index in [9.17, 15) is 5.11 Å². The number of hydrogen-bond acceptors (Lipinski definition) is 4. The van der Waals surface area contributed by atoms with Crippen LogP contribution in [-0.2, 0) is 11.2 Å². The first-order valence-electron chi connectivity index (χ1n) is 8.01. The zero-order valence-electron chi connectivity index (χ0n) is 13.7. The molecule has 0 radical (unpaired) electrons. The normalized spacial score (nSPS) is 21.0. The summed E-state index contributed by atoms with van der Waals surface area (Å²) >= 11 is 0. The summed E-state index contributed by atoms with van der Waals surface area (Å²) in [6, 6.07) is 3.87. The van der Waals surface area contributed by atoms with Crippen LogP contribution in [0.15, 0.2) is 27.8 Å². The van der Waals surface area contributed by atoms with Gasteiger partial charge in [0.1, 0.15) is 5.76 Å². The van der Waals surface area contributed by atoms with Crippen molar-refractivity contribution in [2.45, 2.75) is 26.2 Å². The van der Waals surface area contributed by atoms with Gasteiger partial charge in [0.25, 0.3) is 0 Å². The van der Waals surface area contributed by atoms with Gasteiger partial charge in [-0.3, -0.25) is 4.99 Å². The first-order chi connectivity index (χ1) is 10.8. The molecule has 1 atom stereocenters. The van der Waals surface area contributed by atoms with Crippen molar-refractivity contribution in [2.75, 3.05) is 39.5 Å². The van der Waals surface area contributed by atoms with E-state index < -0.39 is 0 Å². The van der Waals surface area contributed by atoms with Gasteiger partial charge in [0.05, 0.1) is 19.4 Å². The Hall–Kier alpha value is -0.800. The lowest BCUT2D eigenvalue weighted by molar-refractivity contribution is 0.131. The number of aliphatic hydroxyl groups excluding tert-OH is 1. The van der Waals surface area contributed by atoms with E-state index >= 15 is 0 Å². The maximum atomic E-state index is 9.26. The lowest BCUT2D eigenvalue weighted by atomic mass is 9.84. The molecule has 1 saturated heterocycles. The summed E-state index contributed by atoms with van der Waals surface area (Å²) in [6.07, 6.45) is 4.21. The molecule has 2 rings (SSSR count). The second-order valence-electron chi connectivity index (χ2n) is 5.73. The van der Waals surface area contributed by atoms with Gasteiger partial charge in [-0.05, 0) is 31.9 Å². The molecular weight excluding hydrogens is 409 g/mol. The maximum Gasteiger partial charge on any atom is 0.191 e. The summed E-state index contributed by atoms with van der Waals surface area (Å²) in [7, 11) is 0. The lowest BCUT2D eigenvalue weighted by Gasteiger charge is -2.24. The number of hydrogen-bond donors (Lipinski definition) is 3. The Bertz CT molecular complexity index is 445. The Labute approximate surface area is 155 Å². The summed E-state index contributed by atoms with van der Waals surface area (Å²) in [5.74, 6) is 1.77. The smallest absolute Gasteiger partial charge is 0.191 e. The molecule has 1 aliphatic heterocycles. The van der Waals surface area contributed by atoms with Gasteiger partial charge in [-0.2, -0.15) is 0 Å². The molecule has 0 aromatic carbocycles. The van der Waals surface area contributed by atoms with Crippen LogP contribution in [0.2, 0.25) is 0 Å². The van der Waals surface area contributed by atoms with E-state index in [0.29, 0.717) is 13.2 Å². The zero-order valence-corrected chi connectivity index (χ0v) is 16.0. The van der Waals surface area contributed by atoms with Crippen LogP contribution >= 0.6 is 24.0 Å². The molecule has 0 amide bonds. The molecule has 0 saturated carbocycles. The largest absolute Gasteiger partial charge is 0.469 e. The molecule has 3 N–H and O–H groups in total. The van der Waals surface area contributed by atoms with Crippen molar-refractivity contribution in [2.24, 2.45) is 10.4 Å². The second-order valence-corrected chi connectivity index (χ2v) is 5.73. The number of furan rings is 1. The van der Waals surface area contributed by atoms with Crippen LogP contribution in [-0.4, -0.2) is 50.5 Å². The number of ether oxygens (including phenoxy) is 1. The van der Waals surface area contributed by atoms with Crippen molar-refractivity contribution in [3.63, 3.8) is 0 Å². The monoisotopic (exact) mass is 437 g/mol. The van der Waals surface area contributed by atoms with Crippen molar-refractivity contribution in [3.8, 4) is 0 Å². The van der Waals surface area contributed by atoms with E-state index in [-0.39, 0.29) is 36.0 Å². The van der Waals surface area contributed by atoms with Gasteiger partial charge in [0, 0.05) is 38.1 Å². The Morgan fingerprint density at radius 2 is 2.30 bits per heavy atom. The highest BCUT2D eigenvalue weighted by atomic mass is 127. The first-order valence-corrected chi connectivity index (χ1v) is 8.01. The summed E-state index contributed by atoms with van der Waals surface area (Å²) in [5.41, 5.74) is -0.0158. The molecule has 1 unspecified atom stereocenters. The molecule has 2 heterocycles. The maximum absolute atomic E-state index is 9.26. The third kappa shape index (κ3) is 6.68. The molecule has 0 aliphatic carbocycles. The van der Waals surface area contributed by atoms with Crippen molar-refractivity contribution in [1.82, 2.24) is 10.6 Å². The zero-order chi connectivity index (χ0) is 15.7. The van der Waals surface area contributed by atoms with E-state index in [1.807, 2.05) is 19.1 Å². The number of rotatable bonds is 8. The number of halogens is 1. The topological polar surface area (TPSA) is 79.0 Å². The van der Waals surface area contributed by atoms with Gasteiger partial charge in [0.15, 0.2) is 5.96 Å². The highest BCUT2D eigenvalue weighted by Crippen LogP contribution is 2.32. The minimum atomic E-state index is -0.0158. The van der Waals surface area contributed by atoms with E-state index in [4.69, 9.17) is 9.15 Å². The predicted octanol–water partition coefficient (Wildman–Crippen LogP) is 1.78. The molecule has 1 fully saturated rings. The van der Waals surface area contributed by atoms with Crippen molar-refractivity contribution in [1.29, 1.82) is 0 Å². The van der Waals surface area contributed by atoms with Crippen LogP contribution < -0.4 is 10.6 Å². The van der Waals surface area contributed by atoms with Gasteiger partial charge in [-0.25, -0.2) is 0 Å². The second kappa shape index (κ2) is 10.9. The van der Waals surface area contributed by atoms with E-state index in [0.717, 1.165) is 50.7 Å². The van der Waals surface area contributed by atoms with E-state index in [1.165, 1.54) is 0 Å². The highest BCUT2D eigenvalue weighted by Gasteiger charge is 2.34. The first kappa shape index (κ1) is 20.2. The summed E-state index contributed by atoms with van der Waals surface area (Å²) in [6.45, 7) is 5.93. The third-order valence-corrected chi connectivity index (χ3v) is 3.99. The number of aliphatic hydroxyl groups is 1. The Morgan fingerprint density at radius 3 is 2.91 bits per heavy atom. The van der Waals surface area contributed by atoms with Crippen LogP contribution in [0.3, 0.4) is 0 Å². The fourth-order valence-electron chi connectivity index (χ4n) is 2.64. The number of aliphatic imine (C=N–C) groups is 1. The quantitative estimate of drug-likeness (QED) is 0.328. The molecule has 1 aliphatic rings. The molecule has 0 spiro atoms. The summed E-state index contributed by atoms with van der Waals surface area (Å²) in [4.78, 5) is 4.68. The fourth-order valence-corrected chi connectivity index (χ4v) is 2.64. The van der Waals surface area contributed by atoms with Gasteiger partial charge in [0.2, 0.25) is 0 Å². The summed E-state index contributed by atoms with van der Waals surface area (Å²) < 4.78 is 10.8. The number of nitrogens with zero attached hydrogens (tertiary/aromatic N) is 1. The van der Waals surface area contributed by atoms with Gasteiger partial charge < -0.3 is 24.9 Å². The molecule has 23 heavy (non-hydrogen) atoms. The van der Waals surface area contributed by atoms with Gasteiger partial charge in [-0.1, -0.05) is 0 Å². The molecule has 1 aromatic rings. The van der Waals surface area contributed by atoms with Crippen molar-refractivity contribution in [3.05, 3.63) is 24.2 Å². The Morgan fingerprint density at radius 1 is 1.43 bits per heavy atom. The average Bonchev–Trinajstić information content (AvgIpc) is 3.17. The van der Waals surface area contributed by atoms with Gasteiger partial charge in [-0.15, -0.1) is 24.0 Å². The standard InChI is InChI=1S/C16H27N3O3.HI/c1-2-17-15(18-8-5-14-4-3-10-22-14)19-12-16(6-9-20)7-11-21-13-16;/h3-4,10,20H,2,5-9,11-13H2,1H3,(H2,17,18,19);1H. The van der Waals surface area contributed by atoms with Crippen molar-refractivity contribution < 1.29 is 14.3 Å². The van der Waals surface area contributed by atoms with Crippen LogP contribution in [0.1, 0.15) is 25.5 Å². The minimum absolute atomic E-state index is 0. The molecule has 0 bridgehead atoms. The lowest BCUT2D eigenvalue weighted by Crippen LogP contribution is -2.39. The molecular formula is C16H28IN3O3. The van der Waals surface area contributed by atoms with E-state index in [1.54, 1.807) is 6.26 Å². The van der Waals surface area contributed by atoms with Crippen LogP contribution in [0.5, 0.6) is 0 Å². The molecule has 7 heteroatoms. The van der Waals surface area contributed by atoms with E-state index in [2.05, 4.69) is 15.6 Å². The molecule has 132 valence electrons. The third-order valence-electron chi connectivity index (χ3n) is 3.99. The Balaban J connectivity index is 0.00000264. The van der Waals surface area contributed by atoms with Crippen LogP contribution in [0.25, 0.3) is 0 Å².